The van der Waals surface area contributed by atoms with Crippen molar-refractivity contribution in [3.05, 3.63) is 0 Å². The lowest BCUT2D eigenvalue weighted by molar-refractivity contribution is -0.154. The fraction of sp³-hybridized carbons (Fsp3) is 0.900. The molecule has 1 saturated carbocycles. The molecule has 0 spiro atoms. The van der Waals surface area contributed by atoms with E-state index >= 15 is 0 Å². The van der Waals surface area contributed by atoms with Crippen LogP contribution in [-0.4, -0.2) is 38.9 Å². The molecule has 0 amide bonds. The lowest BCUT2D eigenvalue weighted by atomic mass is 9.74. The molecule has 2 bridgehead atoms. The van der Waals surface area contributed by atoms with Crippen LogP contribution in [0.2, 0.25) is 0 Å². The average molecular weight is 199 g/mol. The monoisotopic (exact) mass is 199 g/mol. The van der Waals surface area contributed by atoms with Crippen LogP contribution in [-0.2, 0) is 14.3 Å². The molecule has 4 nitrogen and oxygen atoms in total. The Bertz CT molecular complexity index is 205. The zero-order chi connectivity index (χ0) is 9.97. The standard InChI is InChI=1S/C10H17NO3/c1-13-3-2-4-14-10(12)9-7-5-8(9)11-6-7/h7-9,11H,2-6H2,1H3. The smallest absolute Gasteiger partial charge is 0.310 e. The quantitative estimate of drug-likeness (QED) is 0.506. The maximum absolute atomic E-state index is 11.5. The van der Waals surface area contributed by atoms with Crippen LogP contribution in [0.15, 0.2) is 0 Å². The summed E-state index contributed by atoms with van der Waals surface area (Å²) in [7, 11) is 1.65. The van der Waals surface area contributed by atoms with Gasteiger partial charge in [-0.05, 0) is 18.9 Å². The lowest BCUT2D eigenvalue weighted by Gasteiger charge is -2.32. The molecule has 0 aromatic rings. The van der Waals surface area contributed by atoms with Crippen molar-refractivity contribution in [2.24, 2.45) is 11.8 Å². The summed E-state index contributed by atoms with van der Waals surface area (Å²) in [6, 6.07) is 0.398. The van der Waals surface area contributed by atoms with Crippen LogP contribution < -0.4 is 5.32 Å². The number of rotatable bonds is 5. The number of hydrogen-bond donors (Lipinski definition) is 1. The van der Waals surface area contributed by atoms with Gasteiger partial charge in [-0.3, -0.25) is 4.79 Å². The molecular weight excluding hydrogens is 182 g/mol. The minimum atomic E-state index is -0.0210. The number of ether oxygens (including phenoxy) is 2. The van der Waals surface area contributed by atoms with Crippen molar-refractivity contribution < 1.29 is 14.3 Å². The first-order valence-electron chi connectivity index (χ1n) is 5.22. The molecule has 80 valence electrons. The number of nitrogens with one attached hydrogen (secondary N) is 1. The number of hydrogen-bond acceptors (Lipinski definition) is 4. The first-order valence-corrected chi connectivity index (χ1v) is 5.22. The third-order valence-corrected chi connectivity index (χ3v) is 3.15. The number of esters is 1. The Morgan fingerprint density at radius 1 is 1.50 bits per heavy atom. The van der Waals surface area contributed by atoms with Crippen LogP contribution in [0, 0.1) is 11.8 Å². The predicted octanol–water partition coefficient (Wildman–Crippen LogP) is 0.174. The van der Waals surface area contributed by atoms with Gasteiger partial charge >= 0.3 is 5.97 Å². The minimum absolute atomic E-state index is 0.0210. The van der Waals surface area contributed by atoms with Gasteiger partial charge in [0.15, 0.2) is 0 Å². The maximum Gasteiger partial charge on any atom is 0.310 e. The van der Waals surface area contributed by atoms with Gasteiger partial charge in [-0.1, -0.05) is 0 Å². The summed E-state index contributed by atoms with van der Waals surface area (Å²) in [5.74, 6) is 0.653. The van der Waals surface area contributed by atoms with Gasteiger partial charge in [-0.15, -0.1) is 0 Å². The van der Waals surface area contributed by atoms with E-state index in [-0.39, 0.29) is 11.9 Å². The summed E-state index contributed by atoms with van der Waals surface area (Å²) in [5, 5.41) is 3.30. The van der Waals surface area contributed by atoms with E-state index in [2.05, 4.69) is 5.32 Å². The normalized spacial score (nSPS) is 33.9. The topological polar surface area (TPSA) is 47.6 Å². The van der Waals surface area contributed by atoms with E-state index in [1.54, 1.807) is 7.11 Å². The summed E-state index contributed by atoms with van der Waals surface area (Å²) in [6.45, 7) is 2.13. The fourth-order valence-corrected chi connectivity index (χ4v) is 2.30. The Morgan fingerprint density at radius 3 is 2.93 bits per heavy atom. The predicted molar refractivity (Wildman–Crippen MR) is 50.8 cm³/mol. The minimum Gasteiger partial charge on any atom is -0.465 e. The Kier molecular flexibility index (Phi) is 3.03. The molecule has 0 aromatic heterocycles. The van der Waals surface area contributed by atoms with Gasteiger partial charge in [0.05, 0.1) is 12.5 Å². The second-order valence-electron chi connectivity index (χ2n) is 4.05. The molecule has 4 heteroatoms. The molecule has 3 unspecified atom stereocenters. The van der Waals surface area contributed by atoms with E-state index in [9.17, 15) is 4.79 Å². The van der Waals surface area contributed by atoms with E-state index in [1.165, 1.54) is 0 Å². The van der Waals surface area contributed by atoms with Crippen molar-refractivity contribution in [3.8, 4) is 0 Å². The highest BCUT2D eigenvalue weighted by atomic mass is 16.5. The Balaban J connectivity index is 1.64. The van der Waals surface area contributed by atoms with Gasteiger partial charge in [0.25, 0.3) is 0 Å². The molecule has 3 fully saturated rings. The van der Waals surface area contributed by atoms with Crippen LogP contribution in [0.1, 0.15) is 12.8 Å². The number of methoxy groups -OCH3 is 1. The van der Waals surface area contributed by atoms with Gasteiger partial charge < -0.3 is 14.8 Å². The number of carbonyl (C=O) groups is 1. The molecule has 0 radical (unpaired) electrons. The van der Waals surface area contributed by atoms with Gasteiger partial charge in [0.1, 0.15) is 0 Å². The van der Waals surface area contributed by atoms with Gasteiger partial charge in [0.2, 0.25) is 0 Å². The second-order valence-corrected chi connectivity index (χ2v) is 4.05. The molecule has 1 N–H and O–H groups in total. The third-order valence-electron chi connectivity index (χ3n) is 3.15. The maximum atomic E-state index is 11.5. The molecule has 0 aromatic carbocycles. The lowest BCUT2D eigenvalue weighted by Crippen LogP contribution is -2.43. The molecule has 3 atom stereocenters. The molecule has 3 aliphatic rings. The van der Waals surface area contributed by atoms with Gasteiger partial charge in [-0.2, -0.15) is 0 Å². The van der Waals surface area contributed by atoms with Crippen molar-refractivity contribution in [3.63, 3.8) is 0 Å². The first-order chi connectivity index (χ1) is 6.83. The molecular formula is C10H17NO3. The number of fused-ring (bicyclic) bond motifs is 1. The van der Waals surface area contributed by atoms with E-state index in [4.69, 9.17) is 9.47 Å². The van der Waals surface area contributed by atoms with E-state index in [0.29, 0.717) is 25.2 Å². The van der Waals surface area contributed by atoms with E-state index in [1.807, 2.05) is 0 Å². The SMILES string of the molecule is COCCCOC(=O)C1C2CNC1C2. The average Bonchev–Trinajstić information content (AvgIpc) is 2.73. The molecule has 2 heterocycles. The van der Waals surface area contributed by atoms with Crippen molar-refractivity contribution in [1.82, 2.24) is 5.32 Å². The van der Waals surface area contributed by atoms with Crippen LogP contribution >= 0.6 is 0 Å². The summed E-state index contributed by atoms with van der Waals surface area (Å²) in [4.78, 5) is 11.5. The van der Waals surface area contributed by atoms with Crippen molar-refractivity contribution >= 4 is 5.97 Å². The summed E-state index contributed by atoms with van der Waals surface area (Å²) in [5.41, 5.74) is 0. The van der Waals surface area contributed by atoms with Crippen molar-refractivity contribution in [1.29, 1.82) is 0 Å². The fourth-order valence-electron chi connectivity index (χ4n) is 2.30. The van der Waals surface area contributed by atoms with Gasteiger partial charge in [-0.25, -0.2) is 0 Å². The zero-order valence-corrected chi connectivity index (χ0v) is 8.49. The zero-order valence-electron chi connectivity index (χ0n) is 8.49. The Labute approximate surface area is 84.0 Å². The first kappa shape index (κ1) is 9.93. The Hall–Kier alpha value is -0.610. The largest absolute Gasteiger partial charge is 0.465 e. The van der Waals surface area contributed by atoms with Crippen molar-refractivity contribution in [2.75, 3.05) is 26.9 Å². The van der Waals surface area contributed by atoms with Crippen LogP contribution in [0.4, 0.5) is 0 Å². The molecule has 3 rings (SSSR count). The van der Waals surface area contributed by atoms with E-state index < -0.39 is 0 Å². The molecule has 2 aliphatic heterocycles. The van der Waals surface area contributed by atoms with Crippen LogP contribution in [0.25, 0.3) is 0 Å². The van der Waals surface area contributed by atoms with Crippen LogP contribution in [0.3, 0.4) is 0 Å². The second kappa shape index (κ2) is 4.28. The van der Waals surface area contributed by atoms with Crippen LogP contribution in [0.5, 0.6) is 0 Å². The molecule has 1 aliphatic carbocycles. The highest BCUT2D eigenvalue weighted by Crippen LogP contribution is 2.40. The van der Waals surface area contributed by atoms with Crippen molar-refractivity contribution in [2.45, 2.75) is 18.9 Å². The highest BCUT2D eigenvalue weighted by molar-refractivity contribution is 5.75. The molecule has 14 heavy (non-hydrogen) atoms. The summed E-state index contributed by atoms with van der Waals surface area (Å²) >= 11 is 0. The number of carbonyl (C=O) groups excluding carboxylic acids is 1. The Morgan fingerprint density at radius 2 is 2.36 bits per heavy atom. The summed E-state index contributed by atoms with van der Waals surface area (Å²) in [6.07, 6.45) is 1.94. The van der Waals surface area contributed by atoms with Gasteiger partial charge in [0, 0.05) is 26.2 Å². The van der Waals surface area contributed by atoms with E-state index in [0.717, 1.165) is 19.4 Å². The summed E-state index contributed by atoms with van der Waals surface area (Å²) < 4.78 is 10.0. The molecule has 2 saturated heterocycles. The highest BCUT2D eigenvalue weighted by Gasteiger charge is 2.51. The third kappa shape index (κ3) is 1.77.